The molecule has 2 amide bonds. The van der Waals surface area contributed by atoms with Gasteiger partial charge in [0.1, 0.15) is 6.61 Å². The SMILES string of the molecule is CCOc1cc(C2NC(=O)NC(c3ccccc3)=C2C(=O)OC)ccc1OCc1ccccc1. The van der Waals surface area contributed by atoms with Gasteiger partial charge in [-0.05, 0) is 35.7 Å². The zero-order chi connectivity index (χ0) is 23.9. The average Bonchev–Trinajstić information content (AvgIpc) is 2.88. The summed E-state index contributed by atoms with van der Waals surface area (Å²) >= 11 is 0. The summed E-state index contributed by atoms with van der Waals surface area (Å²) in [5, 5.41) is 5.60. The van der Waals surface area contributed by atoms with Gasteiger partial charge in [0.25, 0.3) is 0 Å². The summed E-state index contributed by atoms with van der Waals surface area (Å²) in [6.45, 7) is 2.70. The molecule has 7 nitrogen and oxygen atoms in total. The second-order valence-corrected chi connectivity index (χ2v) is 7.59. The van der Waals surface area contributed by atoms with Gasteiger partial charge in [0.2, 0.25) is 0 Å². The lowest BCUT2D eigenvalue weighted by atomic mass is 9.92. The number of carbonyl (C=O) groups is 2. The number of methoxy groups -OCH3 is 1. The zero-order valence-corrected chi connectivity index (χ0v) is 19.0. The maximum Gasteiger partial charge on any atom is 0.338 e. The molecule has 1 aliphatic heterocycles. The number of urea groups is 1. The van der Waals surface area contributed by atoms with Crippen LogP contribution in [0, 0.1) is 0 Å². The van der Waals surface area contributed by atoms with E-state index in [0.717, 1.165) is 5.56 Å². The van der Waals surface area contributed by atoms with Crippen molar-refractivity contribution < 1.29 is 23.8 Å². The number of esters is 1. The molecule has 0 fully saturated rings. The fourth-order valence-electron chi connectivity index (χ4n) is 3.80. The molecule has 1 atom stereocenters. The molecular weight excluding hydrogens is 432 g/mol. The first kappa shape index (κ1) is 22.9. The highest BCUT2D eigenvalue weighted by atomic mass is 16.5. The molecule has 174 valence electrons. The van der Waals surface area contributed by atoms with E-state index in [-0.39, 0.29) is 0 Å². The van der Waals surface area contributed by atoms with Crippen molar-refractivity contribution in [3.63, 3.8) is 0 Å². The predicted octanol–water partition coefficient (Wildman–Crippen LogP) is 4.60. The van der Waals surface area contributed by atoms with Crippen LogP contribution >= 0.6 is 0 Å². The maximum absolute atomic E-state index is 12.9. The zero-order valence-electron chi connectivity index (χ0n) is 19.0. The summed E-state index contributed by atoms with van der Waals surface area (Å²) in [6, 6.07) is 23.3. The molecule has 0 radical (unpaired) electrons. The summed E-state index contributed by atoms with van der Waals surface area (Å²) in [5.41, 5.74) is 3.11. The van der Waals surface area contributed by atoms with Crippen molar-refractivity contribution >= 4 is 17.7 Å². The number of ether oxygens (including phenoxy) is 3. The summed E-state index contributed by atoms with van der Waals surface area (Å²) in [6.07, 6.45) is 0. The van der Waals surface area contributed by atoms with E-state index in [9.17, 15) is 9.59 Å². The Labute approximate surface area is 198 Å². The van der Waals surface area contributed by atoms with Crippen molar-refractivity contribution in [1.29, 1.82) is 0 Å². The molecule has 3 aromatic carbocycles. The van der Waals surface area contributed by atoms with Gasteiger partial charge >= 0.3 is 12.0 Å². The second-order valence-electron chi connectivity index (χ2n) is 7.59. The van der Waals surface area contributed by atoms with Crippen molar-refractivity contribution in [3.05, 3.63) is 101 Å². The Bertz CT molecular complexity index is 1190. The van der Waals surface area contributed by atoms with Gasteiger partial charge in [0, 0.05) is 0 Å². The maximum atomic E-state index is 12.9. The van der Waals surface area contributed by atoms with Crippen molar-refractivity contribution in [2.45, 2.75) is 19.6 Å². The fourth-order valence-corrected chi connectivity index (χ4v) is 3.80. The monoisotopic (exact) mass is 458 g/mol. The lowest BCUT2D eigenvalue weighted by Crippen LogP contribution is -2.45. The topological polar surface area (TPSA) is 85.9 Å². The molecule has 34 heavy (non-hydrogen) atoms. The summed E-state index contributed by atoms with van der Waals surface area (Å²) in [4.78, 5) is 25.4. The van der Waals surface area contributed by atoms with Crippen molar-refractivity contribution in [1.82, 2.24) is 10.6 Å². The third-order valence-electron chi connectivity index (χ3n) is 5.38. The van der Waals surface area contributed by atoms with Gasteiger partial charge < -0.3 is 24.8 Å². The minimum atomic E-state index is -0.737. The molecule has 1 aliphatic rings. The standard InChI is InChI=1S/C27H26N2O5/c1-3-33-22-16-20(14-15-21(22)34-17-18-10-6-4-7-11-18)25-23(26(30)32-2)24(28-27(31)29-25)19-12-8-5-9-13-19/h4-16,25H,3,17H2,1-2H3,(H2,28,29,31). The molecule has 0 aliphatic carbocycles. The van der Waals surface area contributed by atoms with Crippen LogP contribution in [0.3, 0.4) is 0 Å². The molecule has 2 N–H and O–H groups in total. The van der Waals surface area contributed by atoms with Crippen LogP contribution in [-0.2, 0) is 16.1 Å². The van der Waals surface area contributed by atoms with Gasteiger partial charge in [-0.2, -0.15) is 0 Å². The molecule has 4 rings (SSSR count). The third kappa shape index (κ3) is 5.04. The molecule has 0 bridgehead atoms. The van der Waals surface area contributed by atoms with Crippen LogP contribution in [0.1, 0.15) is 29.7 Å². The van der Waals surface area contributed by atoms with Crippen LogP contribution in [0.2, 0.25) is 0 Å². The lowest BCUT2D eigenvalue weighted by molar-refractivity contribution is -0.136. The van der Waals surface area contributed by atoms with Crippen LogP contribution in [0.4, 0.5) is 4.79 Å². The van der Waals surface area contributed by atoms with Crippen LogP contribution in [0.5, 0.6) is 11.5 Å². The Morgan fingerprint density at radius 3 is 2.29 bits per heavy atom. The molecule has 0 spiro atoms. The van der Waals surface area contributed by atoms with Crippen LogP contribution in [0.15, 0.2) is 84.4 Å². The van der Waals surface area contributed by atoms with E-state index in [4.69, 9.17) is 14.2 Å². The molecule has 0 aromatic heterocycles. The Balaban J connectivity index is 1.72. The van der Waals surface area contributed by atoms with E-state index in [2.05, 4.69) is 10.6 Å². The first-order valence-corrected chi connectivity index (χ1v) is 11.0. The van der Waals surface area contributed by atoms with Crippen molar-refractivity contribution in [2.75, 3.05) is 13.7 Å². The van der Waals surface area contributed by atoms with Crippen molar-refractivity contribution in [2.24, 2.45) is 0 Å². The van der Waals surface area contributed by atoms with Gasteiger partial charge in [-0.15, -0.1) is 0 Å². The van der Waals surface area contributed by atoms with E-state index < -0.39 is 18.0 Å². The number of benzene rings is 3. The first-order chi connectivity index (χ1) is 16.6. The molecule has 0 saturated carbocycles. The van der Waals surface area contributed by atoms with E-state index in [1.165, 1.54) is 7.11 Å². The quantitative estimate of drug-likeness (QED) is 0.482. The summed E-state index contributed by atoms with van der Waals surface area (Å²) in [5.74, 6) is 0.550. The van der Waals surface area contributed by atoms with Gasteiger partial charge in [-0.25, -0.2) is 9.59 Å². The van der Waals surface area contributed by atoms with E-state index in [1.807, 2.05) is 73.7 Å². The second kappa shape index (κ2) is 10.6. The highest BCUT2D eigenvalue weighted by Crippen LogP contribution is 2.36. The van der Waals surface area contributed by atoms with Gasteiger partial charge in [-0.1, -0.05) is 66.7 Å². The highest BCUT2D eigenvalue weighted by molar-refractivity contribution is 6.04. The average molecular weight is 459 g/mol. The largest absolute Gasteiger partial charge is 0.490 e. The minimum Gasteiger partial charge on any atom is -0.490 e. The number of carbonyl (C=O) groups excluding carboxylic acids is 2. The number of hydrogen-bond donors (Lipinski definition) is 2. The normalized spacial score (nSPS) is 15.2. The van der Waals surface area contributed by atoms with Crippen LogP contribution in [0.25, 0.3) is 5.70 Å². The lowest BCUT2D eigenvalue weighted by Gasteiger charge is -2.29. The van der Waals surface area contributed by atoms with Gasteiger partial charge in [-0.3, -0.25) is 0 Å². The summed E-state index contributed by atoms with van der Waals surface area (Å²) < 4.78 is 16.9. The summed E-state index contributed by atoms with van der Waals surface area (Å²) in [7, 11) is 1.32. The number of amides is 2. The van der Waals surface area contributed by atoms with Gasteiger partial charge in [0.05, 0.1) is 31.0 Å². The molecule has 3 aromatic rings. The smallest absolute Gasteiger partial charge is 0.338 e. The Hall–Kier alpha value is -4.26. The molecule has 1 unspecified atom stereocenters. The van der Waals surface area contributed by atoms with Gasteiger partial charge in [0.15, 0.2) is 11.5 Å². The third-order valence-corrected chi connectivity index (χ3v) is 5.38. The highest BCUT2D eigenvalue weighted by Gasteiger charge is 2.34. The van der Waals surface area contributed by atoms with E-state index in [1.54, 1.807) is 12.1 Å². The Morgan fingerprint density at radius 1 is 0.912 bits per heavy atom. The first-order valence-electron chi connectivity index (χ1n) is 11.0. The molecule has 7 heteroatoms. The van der Waals surface area contributed by atoms with Crippen molar-refractivity contribution in [3.8, 4) is 11.5 Å². The van der Waals surface area contributed by atoms with E-state index >= 15 is 0 Å². The minimum absolute atomic E-state index is 0.300. The molecular formula is C27H26N2O5. The molecule has 0 saturated heterocycles. The number of rotatable bonds is 8. The van der Waals surface area contributed by atoms with E-state index in [0.29, 0.717) is 47.1 Å². The molecule has 1 heterocycles. The Morgan fingerprint density at radius 2 is 1.62 bits per heavy atom. The predicted molar refractivity (Wildman–Crippen MR) is 128 cm³/mol. The van der Waals surface area contributed by atoms with Crippen LogP contribution in [-0.4, -0.2) is 25.7 Å². The number of hydrogen-bond acceptors (Lipinski definition) is 5. The Kier molecular flexibility index (Phi) is 7.13. The number of nitrogens with one attached hydrogen (secondary N) is 2. The fraction of sp³-hybridized carbons (Fsp3) is 0.185. The van der Waals surface area contributed by atoms with Crippen LogP contribution < -0.4 is 20.1 Å².